The lowest BCUT2D eigenvalue weighted by molar-refractivity contribution is -0.121. The number of hydrogen-bond donors (Lipinski definition) is 1. The number of hydrogen-bond acceptors (Lipinski definition) is 6. The van der Waals surface area contributed by atoms with Gasteiger partial charge in [-0.15, -0.1) is 0 Å². The van der Waals surface area contributed by atoms with Gasteiger partial charge >= 0.3 is 0 Å². The number of rotatable bonds is 7. The predicted molar refractivity (Wildman–Crippen MR) is 111 cm³/mol. The van der Waals surface area contributed by atoms with Crippen LogP contribution in [0.1, 0.15) is 5.89 Å². The van der Waals surface area contributed by atoms with Crippen LogP contribution in [0.4, 0.5) is 0 Å². The molecule has 1 heterocycles. The molecule has 3 aromatic rings. The average molecular weight is 500 g/mol. The van der Waals surface area contributed by atoms with Gasteiger partial charge < -0.3 is 9.84 Å². The minimum Gasteiger partial charge on any atom is -0.346 e. The number of nitrogens with zero attached hydrogens (tertiary/aromatic N) is 3. The van der Waals surface area contributed by atoms with Gasteiger partial charge in [0.25, 0.3) is 0 Å². The highest BCUT2D eigenvalue weighted by Crippen LogP contribution is 2.20. The summed E-state index contributed by atoms with van der Waals surface area (Å²) in [5.74, 6) is 0.0850. The van der Waals surface area contributed by atoms with Gasteiger partial charge in [0.15, 0.2) is 0 Å². The monoisotopic (exact) mass is 498 g/mol. The van der Waals surface area contributed by atoms with Crippen molar-refractivity contribution in [2.24, 2.45) is 0 Å². The van der Waals surface area contributed by atoms with Crippen LogP contribution in [-0.4, -0.2) is 42.4 Å². The molecule has 0 radical (unpaired) electrons. The summed E-state index contributed by atoms with van der Waals surface area (Å²) in [6.45, 7) is -0.383. The van der Waals surface area contributed by atoms with E-state index in [1.54, 1.807) is 0 Å². The molecule has 11 heteroatoms. The van der Waals surface area contributed by atoms with Crippen molar-refractivity contribution in [2.45, 2.75) is 11.4 Å². The maximum absolute atomic E-state index is 12.5. The second-order valence-electron chi connectivity index (χ2n) is 6.01. The third kappa shape index (κ3) is 5.41. The molecule has 1 aromatic heterocycles. The summed E-state index contributed by atoms with van der Waals surface area (Å²) in [5, 5.41) is 6.87. The fourth-order valence-corrected chi connectivity index (χ4v) is 4.03. The van der Waals surface area contributed by atoms with Crippen molar-refractivity contribution in [3.8, 4) is 11.4 Å². The summed E-state index contributed by atoms with van der Waals surface area (Å²) in [6.07, 6.45) is 0. The number of carbonyl (C=O) groups is 1. The van der Waals surface area contributed by atoms with Gasteiger partial charge in [0.2, 0.25) is 27.6 Å². The van der Waals surface area contributed by atoms with Gasteiger partial charge in [-0.3, -0.25) is 4.79 Å². The van der Waals surface area contributed by atoms with Crippen molar-refractivity contribution in [3.63, 3.8) is 0 Å². The Balaban J connectivity index is 1.58. The molecule has 29 heavy (non-hydrogen) atoms. The molecule has 0 fully saturated rings. The van der Waals surface area contributed by atoms with Gasteiger partial charge in [-0.05, 0) is 36.4 Å². The standard InChI is InChI=1S/C18H16BrClN4O4S/c1-24(29(26,27)15-7-5-14(20)6-8-15)11-16(25)21-10-17-22-18(23-28-17)12-3-2-4-13(19)9-12/h2-9H,10-11H2,1H3,(H,21,25). The van der Waals surface area contributed by atoms with E-state index in [0.717, 1.165) is 14.3 Å². The van der Waals surface area contributed by atoms with Crippen LogP contribution in [0, 0.1) is 0 Å². The van der Waals surface area contributed by atoms with Crippen LogP contribution in [0.25, 0.3) is 11.4 Å². The Labute approximate surface area is 181 Å². The zero-order valence-corrected chi connectivity index (χ0v) is 18.3. The second-order valence-corrected chi connectivity index (χ2v) is 9.41. The first-order valence-electron chi connectivity index (χ1n) is 8.33. The average Bonchev–Trinajstić information content (AvgIpc) is 3.16. The summed E-state index contributed by atoms with van der Waals surface area (Å²) in [5.41, 5.74) is 0.759. The predicted octanol–water partition coefficient (Wildman–Crippen LogP) is 3.09. The summed E-state index contributed by atoms with van der Waals surface area (Å²) >= 11 is 9.15. The molecule has 0 spiro atoms. The first-order valence-corrected chi connectivity index (χ1v) is 10.9. The van der Waals surface area contributed by atoms with Crippen molar-refractivity contribution in [2.75, 3.05) is 13.6 Å². The number of sulfonamides is 1. The largest absolute Gasteiger partial charge is 0.346 e. The quantitative estimate of drug-likeness (QED) is 0.535. The Morgan fingerprint density at radius 3 is 2.66 bits per heavy atom. The summed E-state index contributed by atoms with van der Waals surface area (Å²) in [6, 6.07) is 13.1. The van der Waals surface area contributed by atoms with E-state index in [1.807, 2.05) is 24.3 Å². The number of halogens is 2. The van der Waals surface area contributed by atoms with E-state index >= 15 is 0 Å². The van der Waals surface area contributed by atoms with Crippen LogP contribution in [0.3, 0.4) is 0 Å². The highest BCUT2D eigenvalue weighted by atomic mass is 79.9. The van der Waals surface area contributed by atoms with Gasteiger partial charge in [-0.25, -0.2) is 8.42 Å². The normalized spacial score (nSPS) is 11.6. The maximum Gasteiger partial charge on any atom is 0.246 e. The fourth-order valence-electron chi connectivity index (χ4n) is 2.38. The topological polar surface area (TPSA) is 105 Å². The molecule has 0 aliphatic carbocycles. The van der Waals surface area contributed by atoms with E-state index in [9.17, 15) is 13.2 Å². The van der Waals surface area contributed by atoms with E-state index in [0.29, 0.717) is 10.8 Å². The van der Waals surface area contributed by atoms with Gasteiger partial charge in [0.1, 0.15) is 0 Å². The summed E-state index contributed by atoms with van der Waals surface area (Å²) in [7, 11) is -2.49. The van der Waals surface area contributed by atoms with Crippen molar-refractivity contribution in [3.05, 3.63) is 63.9 Å². The lowest BCUT2D eigenvalue weighted by Crippen LogP contribution is -2.38. The van der Waals surface area contributed by atoms with Crippen molar-refractivity contribution in [1.82, 2.24) is 19.8 Å². The zero-order chi connectivity index (χ0) is 21.0. The fraction of sp³-hybridized carbons (Fsp3) is 0.167. The molecule has 0 saturated carbocycles. The van der Waals surface area contributed by atoms with Crippen molar-refractivity contribution >= 4 is 43.5 Å². The molecule has 0 atom stereocenters. The molecule has 0 unspecified atom stereocenters. The Bertz CT molecular complexity index is 1120. The minimum absolute atomic E-state index is 0.0192. The Morgan fingerprint density at radius 2 is 1.97 bits per heavy atom. The molecule has 3 rings (SSSR count). The lowest BCUT2D eigenvalue weighted by Gasteiger charge is -2.16. The number of nitrogens with one attached hydrogen (secondary N) is 1. The van der Waals surface area contributed by atoms with Gasteiger partial charge in [-0.2, -0.15) is 9.29 Å². The molecule has 8 nitrogen and oxygen atoms in total. The molecule has 1 N–H and O–H groups in total. The molecule has 0 aliphatic heterocycles. The number of benzene rings is 2. The third-order valence-corrected chi connectivity index (χ3v) is 6.44. The Hall–Kier alpha value is -2.27. The highest BCUT2D eigenvalue weighted by Gasteiger charge is 2.23. The van der Waals surface area contributed by atoms with Crippen LogP contribution >= 0.6 is 27.5 Å². The highest BCUT2D eigenvalue weighted by molar-refractivity contribution is 9.10. The van der Waals surface area contributed by atoms with E-state index < -0.39 is 15.9 Å². The van der Waals surface area contributed by atoms with E-state index in [-0.39, 0.29) is 23.9 Å². The van der Waals surface area contributed by atoms with Gasteiger partial charge in [0, 0.05) is 22.1 Å². The van der Waals surface area contributed by atoms with Crippen molar-refractivity contribution in [1.29, 1.82) is 0 Å². The molecule has 0 saturated heterocycles. The van der Waals surface area contributed by atoms with Gasteiger partial charge in [0.05, 0.1) is 18.0 Å². The number of aromatic nitrogens is 2. The zero-order valence-electron chi connectivity index (χ0n) is 15.2. The number of amides is 1. The van der Waals surface area contributed by atoms with E-state index in [2.05, 4.69) is 31.4 Å². The maximum atomic E-state index is 12.5. The van der Waals surface area contributed by atoms with Crippen LogP contribution < -0.4 is 5.32 Å². The van der Waals surface area contributed by atoms with Gasteiger partial charge in [-0.1, -0.05) is 44.8 Å². The van der Waals surface area contributed by atoms with Crippen LogP contribution in [0.2, 0.25) is 5.02 Å². The second kappa shape index (κ2) is 9.04. The molecule has 1 amide bonds. The summed E-state index contributed by atoms with van der Waals surface area (Å²) < 4.78 is 32.0. The van der Waals surface area contributed by atoms with Crippen LogP contribution in [0.15, 0.2) is 62.4 Å². The smallest absolute Gasteiger partial charge is 0.246 e. The Morgan fingerprint density at radius 1 is 1.24 bits per heavy atom. The minimum atomic E-state index is -3.81. The molecular formula is C18H16BrClN4O4S. The Kier molecular flexibility index (Phi) is 6.68. The molecule has 2 aromatic carbocycles. The number of likely N-dealkylation sites (N-methyl/N-ethyl adjacent to an activating group) is 1. The number of carbonyl (C=O) groups excluding carboxylic acids is 1. The van der Waals surface area contributed by atoms with Crippen LogP contribution in [0.5, 0.6) is 0 Å². The first kappa shape index (κ1) is 21.4. The summed E-state index contributed by atoms with van der Waals surface area (Å²) in [4.78, 5) is 16.4. The molecule has 0 bridgehead atoms. The van der Waals surface area contributed by atoms with E-state index in [4.69, 9.17) is 16.1 Å². The SMILES string of the molecule is CN(CC(=O)NCc1nc(-c2cccc(Br)c2)no1)S(=O)(=O)c1ccc(Cl)cc1. The third-order valence-electron chi connectivity index (χ3n) is 3.88. The van der Waals surface area contributed by atoms with Crippen LogP contribution in [-0.2, 0) is 21.4 Å². The molecular weight excluding hydrogens is 484 g/mol. The van der Waals surface area contributed by atoms with Crippen molar-refractivity contribution < 1.29 is 17.7 Å². The molecule has 0 aliphatic rings. The first-order chi connectivity index (χ1) is 13.8. The molecule has 152 valence electrons. The van der Waals surface area contributed by atoms with E-state index in [1.165, 1.54) is 31.3 Å². The lowest BCUT2D eigenvalue weighted by atomic mass is 10.2.